The Hall–Kier alpha value is -1.62. The Kier molecular flexibility index (Phi) is 4.04. The van der Waals surface area contributed by atoms with Gasteiger partial charge in [-0.3, -0.25) is 9.78 Å². The van der Waals surface area contributed by atoms with E-state index < -0.39 is 11.4 Å². The molecular formula is C14H20N2O3. The average Bonchev–Trinajstić information content (AvgIpc) is 2.38. The number of nitrogens with zero attached hydrogens (tertiary/aromatic N) is 1. The van der Waals surface area contributed by atoms with Crippen LogP contribution in [0.15, 0.2) is 12.1 Å². The van der Waals surface area contributed by atoms with Crippen LogP contribution in [0.2, 0.25) is 0 Å². The second-order valence-electron chi connectivity index (χ2n) is 5.15. The number of methoxy groups -OCH3 is 1. The van der Waals surface area contributed by atoms with Gasteiger partial charge in [0, 0.05) is 29.9 Å². The highest BCUT2D eigenvalue weighted by Crippen LogP contribution is 2.33. The largest absolute Gasteiger partial charge is 0.497 e. The summed E-state index contributed by atoms with van der Waals surface area (Å²) >= 11 is 0. The van der Waals surface area contributed by atoms with Crippen LogP contribution >= 0.6 is 0 Å². The van der Waals surface area contributed by atoms with Crippen LogP contribution in [0.5, 0.6) is 5.75 Å². The number of piperidine rings is 1. The molecule has 1 aliphatic heterocycles. The van der Waals surface area contributed by atoms with Crippen molar-refractivity contribution in [1.82, 2.24) is 10.3 Å². The molecule has 0 atom stereocenters. The minimum absolute atomic E-state index is 0.460. The Morgan fingerprint density at radius 1 is 1.47 bits per heavy atom. The maximum Gasteiger partial charge on any atom is 0.310 e. The molecule has 1 aromatic heterocycles. The third-order valence-electron chi connectivity index (χ3n) is 3.75. The fraction of sp³-hybridized carbons (Fsp3) is 0.571. The number of carbonyl (C=O) groups is 1. The van der Waals surface area contributed by atoms with E-state index in [9.17, 15) is 9.90 Å². The van der Waals surface area contributed by atoms with E-state index in [2.05, 4.69) is 10.3 Å². The lowest BCUT2D eigenvalue weighted by Crippen LogP contribution is -2.43. The van der Waals surface area contributed by atoms with Gasteiger partial charge in [0.2, 0.25) is 0 Å². The molecular weight excluding hydrogens is 244 g/mol. The number of pyridine rings is 1. The molecule has 2 heterocycles. The van der Waals surface area contributed by atoms with Crippen molar-refractivity contribution in [2.75, 3.05) is 20.2 Å². The molecule has 0 radical (unpaired) electrons. The van der Waals surface area contributed by atoms with Gasteiger partial charge in [0.25, 0.3) is 0 Å². The molecule has 1 aromatic rings. The number of nitrogens with one attached hydrogen (secondary N) is 1. The normalized spacial score (nSPS) is 18.0. The first kappa shape index (κ1) is 13.8. The van der Waals surface area contributed by atoms with Gasteiger partial charge in [-0.25, -0.2) is 0 Å². The van der Waals surface area contributed by atoms with Crippen molar-refractivity contribution in [2.24, 2.45) is 5.41 Å². The van der Waals surface area contributed by atoms with Gasteiger partial charge in [0.05, 0.1) is 12.5 Å². The summed E-state index contributed by atoms with van der Waals surface area (Å²) in [5.41, 5.74) is 0.946. The summed E-state index contributed by atoms with van der Waals surface area (Å²) in [7, 11) is 1.61. The lowest BCUT2D eigenvalue weighted by Gasteiger charge is -2.33. The maximum absolute atomic E-state index is 11.6. The Bertz CT molecular complexity index is 468. The Morgan fingerprint density at radius 3 is 2.74 bits per heavy atom. The monoisotopic (exact) mass is 264 g/mol. The van der Waals surface area contributed by atoms with Gasteiger partial charge in [-0.05, 0) is 32.9 Å². The number of carboxylic acids is 1. The number of hydrogen-bond donors (Lipinski definition) is 2. The summed E-state index contributed by atoms with van der Waals surface area (Å²) in [5, 5.41) is 12.8. The SMILES string of the molecule is COc1cc(C)nc(CC2(C(=O)O)CCNCC2)c1. The van der Waals surface area contributed by atoms with E-state index in [1.165, 1.54) is 0 Å². The lowest BCUT2D eigenvalue weighted by atomic mass is 9.75. The first-order chi connectivity index (χ1) is 9.05. The summed E-state index contributed by atoms with van der Waals surface area (Å²) in [6, 6.07) is 3.68. The first-order valence-corrected chi connectivity index (χ1v) is 6.51. The molecule has 0 unspecified atom stereocenters. The van der Waals surface area contributed by atoms with Crippen molar-refractivity contribution in [1.29, 1.82) is 0 Å². The van der Waals surface area contributed by atoms with E-state index in [4.69, 9.17) is 4.74 Å². The number of aliphatic carboxylic acids is 1. The molecule has 1 fully saturated rings. The summed E-state index contributed by atoms with van der Waals surface area (Å²) in [4.78, 5) is 16.1. The number of rotatable bonds is 4. The van der Waals surface area contributed by atoms with E-state index in [1.54, 1.807) is 7.11 Å². The van der Waals surface area contributed by atoms with Crippen molar-refractivity contribution < 1.29 is 14.6 Å². The average molecular weight is 264 g/mol. The number of ether oxygens (including phenoxy) is 1. The smallest absolute Gasteiger partial charge is 0.310 e. The fourth-order valence-electron chi connectivity index (χ4n) is 2.63. The Balaban J connectivity index is 2.26. The predicted octanol–water partition coefficient (Wildman–Crippen LogP) is 1.40. The summed E-state index contributed by atoms with van der Waals surface area (Å²) in [6.45, 7) is 3.38. The zero-order chi connectivity index (χ0) is 13.9. The van der Waals surface area contributed by atoms with Gasteiger partial charge in [0.15, 0.2) is 0 Å². The molecule has 0 aliphatic carbocycles. The minimum Gasteiger partial charge on any atom is -0.497 e. The molecule has 19 heavy (non-hydrogen) atoms. The molecule has 1 saturated heterocycles. The summed E-state index contributed by atoms with van der Waals surface area (Å²) < 4.78 is 5.22. The van der Waals surface area contributed by atoms with Gasteiger partial charge in [-0.2, -0.15) is 0 Å². The van der Waals surface area contributed by atoms with Crippen molar-refractivity contribution in [3.05, 3.63) is 23.5 Å². The molecule has 0 spiro atoms. The van der Waals surface area contributed by atoms with Crippen molar-refractivity contribution in [2.45, 2.75) is 26.2 Å². The van der Waals surface area contributed by atoms with E-state index in [1.807, 2.05) is 19.1 Å². The van der Waals surface area contributed by atoms with Crippen LogP contribution in [0, 0.1) is 12.3 Å². The van der Waals surface area contributed by atoms with Crippen LogP contribution in [0.3, 0.4) is 0 Å². The second kappa shape index (κ2) is 5.57. The molecule has 0 aromatic carbocycles. The number of aromatic nitrogens is 1. The molecule has 5 nitrogen and oxygen atoms in total. The Morgan fingerprint density at radius 2 is 2.16 bits per heavy atom. The van der Waals surface area contributed by atoms with Crippen LogP contribution in [0.4, 0.5) is 0 Å². The minimum atomic E-state index is -0.726. The van der Waals surface area contributed by atoms with Gasteiger partial charge in [-0.15, -0.1) is 0 Å². The van der Waals surface area contributed by atoms with Crippen LogP contribution < -0.4 is 10.1 Å². The van der Waals surface area contributed by atoms with E-state index in [0.717, 1.165) is 30.2 Å². The predicted molar refractivity (Wildman–Crippen MR) is 71.4 cm³/mol. The van der Waals surface area contributed by atoms with Gasteiger partial charge >= 0.3 is 5.97 Å². The molecule has 0 saturated carbocycles. The van der Waals surface area contributed by atoms with E-state index >= 15 is 0 Å². The summed E-state index contributed by atoms with van der Waals surface area (Å²) in [6.07, 6.45) is 1.74. The quantitative estimate of drug-likeness (QED) is 0.860. The Labute approximate surface area is 113 Å². The molecule has 2 rings (SSSR count). The molecule has 104 valence electrons. The standard InChI is InChI=1S/C14H20N2O3/c1-10-7-12(19-2)8-11(16-10)9-14(13(17)18)3-5-15-6-4-14/h7-8,15H,3-6,9H2,1-2H3,(H,17,18). The van der Waals surface area contributed by atoms with Gasteiger partial charge < -0.3 is 15.2 Å². The first-order valence-electron chi connectivity index (χ1n) is 6.51. The lowest BCUT2D eigenvalue weighted by molar-refractivity contribution is -0.150. The third kappa shape index (κ3) is 3.04. The van der Waals surface area contributed by atoms with Crippen LogP contribution in [0.1, 0.15) is 24.2 Å². The second-order valence-corrected chi connectivity index (χ2v) is 5.15. The zero-order valence-electron chi connectivity index (χ0n) is 11.4. The van der Waals surface area contributed by atoms with Gasteiger partial charge in [-0.1, -0.05) is 0 Å². The van der Waals surface area contributed by atoms with Gasteiger partial charge in [0.1, 0.15) is 5.75 Å². The highest BCUT2D eigenvalue weighted by Gasteiger charge is 2.40. The highest BCUT2D eigenvalue weighted by molar-refractivity contribution is 5.75. The molecule has 0 amide bonds. The van der Waals surface area contributed by atoms with Crippen LogP contribution in [-0.4, -0.2) is 36.3 Å². The number of carboxylic acid groups (broad SMARTS) is 1. The summed E-state index contributed by atoms with van der Waals surface area (Å²) in [5.74, 6) is 0.00764. The topological polar surface area (TPSA) is 71.5 Å². The fourth-order valence-corrected chi connectivity index (χ4v) is 2.63. The zero-order valence-corrected chi connectivity index (χ0v) is 11.4. The molecule has 0 bridgehead atoms. The van der Waals surface area contributed by atoms with Crippen molar-refractivity contribution >= 4 is 5.97 Å². The van der Waals surface area contributed by atoms with Crippen molar-refractivity contribution in [3.63, 3.8) is 0 Å². The molecule has 1 aliphatic rings. The molecule has 2 N–H and O–H groups in total. The third-order valence-corrected chi connectivity index (χ3v) is 3.75. The van der Waals surface area contributed by atoms with E-state index in [-0.39, 0.29) is 0 Å². The van der Waals surface area contributed by atoms with E-state index in [0.29, 0.717) is 19.3 Å². The molecule has 5 heteroatoms. The number of aryl methyl sites for hydroxylation is 1. The van der Waals surface area contributed by atoms with Crippen LogP contribution in [-0.2, 0) is 11.2 Å². The highest BCUT2D eigenvalue weighted by atomic mass is 16.5. The number of hydrogen-bond acceptors (Lipinski definition) is 4. The maximum atomic E-state index is 11.6. The van der Waals surface area contributed by atoms with Crippen LogP contribution in [0.25, 0.3) is 0 Å². The van der Waals surface area contributed by atoms with Crippen molar-refractivity contribution in [3.8, 4) is 5.75 Å².